The number of hydrogen-bond acceptors (Lipinski definition) is 7. The number of nitrogens with zero attached hydrogens (tertiary/aromatic N) is 3. The van der Waals surface area contributed by atoms with Crippen molar-refractivity contribution < 1.29 is 18.3 Å². The van der Waals surface area contributed by atoms with Crippen molar-refractivity contribution >= 4 is 47.1 Å². The number of imidazole rings is 1. The van der Waals surface area contributed by atoms with Gasteiger partial charge >= 0.3 is 7.75 Å². The number of fused-ring (bicyclic) bond motifs is 3. The molecule has 0 unspecified atom stereocenters. The lowest BCUT2D eigenvalue weighted by Crippen LogP contribution is -2.32. The largest absolute Gasteiger partial charge is 0.459 e. The first kappa shape index (κ1) is 28.3. The van der Waals surface area contributed by atoms with Gasteiger partial charge in [0.05, 0.1) is 23.7 Å². The lowest BCUT2D eigenvalue weighted by molar-refractivity contribution is 0.121. The number of aromatic nitrogens is 3. The fourth-order valence-corrected chi connectivity index (χ4v) is 6.06. The summed E-state index contributed by atoms with van der Waals surface area (Å²) in [5, 5.41) is 4.55. The number of ether oxygens (including phenoxy) is 1. The Balaban J connectivity index is 1.70. The third-order valence-corrected chi connectivity index (χ3v) is 8.35. The minimum absolute atomic E-state index is 0.127. The smallest absolute Gasteiger partial charge is 0.413 e. The Kier molecular flexibility index (Phi) is 8.96. The summed E-state index contributed by atoms with van der Waals surface area (Å²) in [7, 11) is -3.79. The molecule has 0 saturated carbocycles. The molecule has 2 heterocycles. The Labute approximate surface area is 228 Å². The van der Waals surface area contributed by atoms with Crippen LogP contribution in [0.1, 0.15) is 40.4 Å². The van der Waals surface area contributed by atoms with Crippen molar-refractivity contribution in [2.45, 2.75) is 59.9 Å². The minimum atomic E-state index is -3.79. The zero-order valence-electron chi connectivity index (χ0n) is 22.3. The number of pyridine rings is 1. The highest BCUT2D eigenvalue weighted by atomic mass is 35.5. The van der Waals surface area contributed by atoms with Crippen molar-refractivity contribution in [3.63, 3.8) is 0 Å². The van der Waals surface area contributed by atoms with Crippen molar-refractivity contribution in [1.29, 1.82) is 0 Å². The summed E-state index contributed by atoms with van der Waals surface area (Å²) in [5.41, 5.74) is 8.49. The number of benzene rings is 2. The van der Waals surface area contributed by atoms with Gasteiger partial charge in [-0.2, -0.15) is 0 Å². The van der Waals surface area contributed by atoms with Crippen LogP contribution in [0.15, 0.2) is 48.5 Å². The van der Waals surface area contributed by atoms with Gasteiger partial charge in [0.15, 0.2) is 5.82 Å². The second-order valence-electron chi connectivity index (χ2n) is 9.61. The molecule has 0 aliphatic rings. The Morgan fingerprint density at radius 3 is 2.47 bits per heavy atom. The van der Waals surface area contributed by atoms with Crippen LogP contribution in [0.4, 0.5) is 5.82 Å². The molecule has 2 aromatic heterocycles. The second-order valence-corrected chi connectivity index (χ2v) is 11.7. The molecule has 0 amide bonds. The summed E-state index contributed by atoms with van der Waals surface area (Å²) < 4.78 is 33.8. The van der Waals surface area contributed by atoms with E-state index in [2.05, 4.69) is 10.1 Å². The maximum absolute atomic E-state index is 14.0. The fraction of sp³-hybridized carbons (Fsp3) is 0.407. The SMILES string of the molecule is CCOCc1nc2c(N)nc3ccccc3c2n1C[C@@H](C)O[P@@](=O)(N[C@@H](C)C(C)C)Oc1ccc(Cl)cc1. The number of para-hydroxylation sites is 1. The molecule has 0 aliphatic heterocycles. The van der Waals surface area contributed by atoms with Gasteiger partial charge in [0.2, 0.25) is 0 Å². The number of anilines is 1. The minimum Gasteiger partial charge on any atom is -0.413 e. The Morgan fingerprint density at radius 2 is 1.79 bits per heavy atom. The zero-order valence-corrected chi connectivity index (χ0v) is 24.0. The number of nitrogens with one attached hydrogen (secondary N) is 1. The van der Waals surface area contributed by atoms with Crippen LogP contribution in [0, 0.1) is 5.92 Å². The summed E-state index contributed by atoms with van der Waals surface area (Å²) in [6, 6.07) is 14.3. The van der Waals surface area contributed by atoms with Gasteiger partial charge in [0.25, 0.3) is 0 Å². The Morgan fingerprint density at radius 1 is 1.08 bits per heavy atom. The van der Waals surface area contributed by atoms with E-state index in [-0.39, 0.29) is 18.6 Å². The Hall–Kier alpha value is -2.68. The molecule has 0 saturated heterocycles. The third kappa shape index (κ3) is 6.47. The standard InChI is InChI=1S/C27H35ClN5O4P/c1-6-35-16-24-31-25-26(22-9-7-8-10-23(22)30-27(25)29)33(24)15-18(4)36-38(34,32-19(5)17(2)3)37-21-13-11-20(28)12-14-21/h7-14,17-19H,6,15-16H2,1-5H3,(H2,29,30)(H,32,34)/t18-,19+,38+/m1/s1. The van der Waals surface area contributed by atoms with E-state index in [0.717, 1.165) is 16.4 Å². The van der Waals surface area contributed by atoms with Crippen molar-refractivity contribution in [3.05, 3.63) is 59.4 Å². The Bertz CT molecular complexity index is 1440. The first-order chi connectivity index (χ1) is 18.1. The molecule has 4 rings (SSSR count). The number of hydrogen-bond donors (Lipinski definition) is 2. The molecule has 38 heavy (non-hydrogen) atoms. The molecular weight excluding hydrogens is 525 g/mol. The zero-order chi connectivity index (χ0) is 27.4. The lowest BCUT2D eigenvalue weighted by atomic mass is 10.1. The highest BCUT2D eigenvalue weighted by Gasteiger charge is 2.33. The van der Waals surface area contributed by atoms with Gasteiger partial charge in [-0.05, 0) is 57.0 Å². The number of nitrogens with two attached hydrogens (primary N) is 1. The molecule has 0 aliphatic carbocycles. The van der Waals surface area contributed by atoms with Crippen LogP contribution in [0.5, 0.6) is 5.75 Å². The molecule has 4 aromatic rings. The van der Waals surface area contributed by atoms with Gasteiger partial charge < -0.3 is 19.6 Å². The van der Waals surface area contributed by atoms with Gasteiger partial charge in [0, 0.05) is 23.1 Å². The van der Waals surface area contributed by atoms with Gasteiger partial charge in [-0.1, -0.05) is 43.6 Å². The predicted molar refractivity (Wildman–Crippen MR) is 152 cm³/mol. The van der Waals surface area contributed by atoms with Crippen molar-refractivity contribution in [1.82, 2.24) is 19.6 Å². The molecular formula is C27H35ClN5O4P. The highest BCUT2D eigenvalue weighted by Crippen LogP contribution is 2.47. The highest BCUT2D eigenvalue weighted by molar-refractivity contribution is 7.52. The number of rotatable bonds is 12. The molecule has 3 N–H and O–H groups in total. The number of halogens is 1. The van der Waals surface area contributed by atoms with E-state index in [0.29, 0.717) is 41.1 Å². The molecule has 3 atom stereocenters. The van der Waals surface area contributed by atoms with E-state index in [4.69, 9.17) is 36.1 Å². The first-order valence-corrected chi connectivity index (χ1v) is 14.6. The summed E-state index contributed by atoms with van der Waals surface area (Å²) in [6.45, 7) is 10.9. The maximum Gasteiger partial charge on any atom is 0.459 e. The van der Waals surface area contributed by atoms with E-state index in [1.165, 1.54) is 0 Å². The van der Waals surface area contributed by atoms with Crippen molar-refractivity contribution in [2.75, 3.05) is 12.3 Å². The van der Waals surface area contributed by atoms with E-state index >= 15 is 0 Å². The van der Waals surface area contributed by atoms with Crippen LogP contribution in [0.3, 0.4) is 0 Å². The summed E-state index contributed by atoms with van der Waals surface area (Å²) >= 11 is 6.02. The first-order valence-electron chi connectivity index (χ1n) is 12.7. The van der Waals surface area contributed by atoms with Crippen LogP contribution >= 0.6 is 19.3 Å². The van der Waals surface area contributed by atoms with Crippen molar-refractivity contribution in [2.24, 2.45) is 5.92 Å². The van der Waals surface area contributed by atoms with Crippen LogP contribution in [0.2, 0.25) is 5.02 Å². The molecule has 0 spiro atoms. The van der Waals surface area contributed by atoms with Crippen LogP contribution in [-0.4, -0.2) is 33.3 Å². The average Bonchev–Trinajstić information content (AvgIpc) is 3.22. The fourth-order valence-electron chi connectivity index (χ4n) is 4.04. The van der Waals surface area contributed by atoms with E-state index < -0.39 is 13.9 Å². The summed E-state index contributed by atoms with van der Waals surface area (Å²) in [4.78, 5) is 9.29. The summed E-state index contributed by atoms with van der Waals surface area (Å²) in [5.74, 6) is 1.61. The molecule has 0 radical (unpaired) electrons. The van der Waals surface area contributed by atoms with E-state index in [1.807, 2.05) is 63.5 Å². The monoisotopic (exact) mass is 559 g/mol. The van der Waals surface area contributed by atoms with Crippen LogP contribution in [-0.2, 0) is 27.0 Å². The number of nitrogen functional groups attached to an aromatic ring is 1. The lowest BCUT2D eigenvalue weighted by Gasteiger charge is -2.28. The van der Waals surface area contributed by atoms with Crippen LogP contribution < -0.4 is 15.3 Å². The van der Waals surface area contributed by atoms with Crippen molar-refractivity contribution in [3.8, 4) is 5.75 Å². The molecule has 204 valence electrons. The maximum atomic E-state index is 14.0. The quantitative estimate of drug-likeness (QED) is 0.187. The normalized spacial score (nSPS) is 15.1. The molecule has 0 bridgehead atoms. The molecule has 0 fully saturated rings. The second kappa shape index (κ2) is 12.0. The molecule has 2 aromatic carbocycles. The topological polar surface area (TPSA) is 114 Å². The van der Waals surface area contributed by atoms with Gasteiger partial charge in [0.1, 0.15) is 23.7 Å². The molecule has 11 heteroatoms. The third-order valence-electron chi connectivity index (χ3n) is 6.28. The van der Waals surface area contributed by atoms with Crippen LogP contribution in [0.25, 0.3) is 21.9 Å². The molecule has 9 nitrogen and oxygen atoms in total. The van der Waals surface area contributed by atoms with Gasteiger partial charge in [-0.15, -0.1) is 0 Å². The van der Waals surface area contributed by atoms with E-state index in [9.17, 15) is 4.57 Å². The van der Waals surface area contributed by atoms with Gasteiger partial charge in [-0.25, -0.2) is 19.6 Å². The average molecular weight is 560 g/mol. The van der Waals surface area contributed by atoms with Gasteiger partial charge in [-0.3, -0.25) is 4.52 Å². The summed E-state index contributed by atoms with van der Waals surface area (Å²) in [6.07, 6.45) is -0.536. The van der Waals surface area contributed by atoms with E-state index in [1.54, 1.807) is 24.3 Å². The predicted octanol–water partition coefficient (Wildman–Crippen LogP) is 6.58.